The molecule has 0 aromatic carbocycles. The smallest absolute Gasteiger partial charge is 0.387 e. The molecule has 0 aliphatic heterocycles. The highest BCUT2D eigenvalue weighted by atomic mass is 127. The van der Waals surface area contributed by atoms with E-state index in [1.807, 2.05) is 0 Å². The molecule has 0 unspecified atom stereocenters. The molecule has 1 aromatic rings. The second-order valence-corrected chi connectivity index (χ2v) is 3.95. The van der Waals surface area contributed by atoms with Crippen LogP contribution in [0.3, 0.4) is 0 Å². The molecule has 1 aromatic heterocycles. The van der Waals surface area contributed by atoms with Gasteiger partial charge in [-0.1, -0.05) is 11.6 Å². The first-order chi connectivity index (χ1) is 7.22. The minimum atomic E-state index is -4.94. The molecule has 0 fully saturated rings. The minimum absolute atomic E-state index is 0.311. The Labute approximate surface area is 105 Å². The van der Waals surface area contributed by atoms with Gasteiger partial charge in [0.25, 0.3) is 6.43 Å². The maximum atomic E-state index is 12.3. The molecule has 1 heterocycles. The van der Waals surface area contributed by atoms with E-state index in [1.165, 1.54) is 22.6 Å². The second kappa shape index (κ2) is 4.86. The Hall–Kier alpha value is -0.380. The zero-order chi connectivity index (χ0) is 12.5. The summed E-state index contributed by atoms with van der Waals surface area (Å²) in [5.41, 5.74) is -0.638. The molecule has 0 aliphatic carbocycles. The van der Waals surface area contributed by atoms with E-state index in [2.05, 4.69) is 9.72 Å². The molecule has 9 heteroatoms. The fourth-order valence-electron chi connectivity index (χ4n) is 0.795. The van der Waals surface area contributed by atoms with Crippen LogP contribution in [0.5, 0.6) is 5.88 Å². The number of aromatic nitrogens is 1. The Morgan fingerprint density at radius 2 is 1.94 bits per heavy atom. The van der Waals surface area contributed by atoms with Crippen molar-refractivity contribution in [1.29, 1.82) is 0 Å². The Kier molecular flexibility index (Phi) is 4.16. The van der Waals surface area contributed by atoms with Crippen molar-refractivity contribution >= 4 is 34.2 Å². The summed E-state index contributed by atoms with van der Waals surface area (Å²) in [6.45, 7) is 0. The van der Waals surface area contributed by atoms with Crippen LogP contribution in [0.2, 0.25) is 5.02 Å². The van der Waals surface area contributed by atoms with Crippen molar-refractivity contribution in [2.45, 2.75) is 12.8 Å². The van der Waals surface area contributed by atoms with Gasteiger partial charge in [0.1, 0.15) is 0 Å². The number of pyridine rings is 1. The van der Waals surface area contributed by atoms with E-state index in [4.69, 9.17) is 11.6 Å². The topological polar surface area (TPSA) is 22.1 Å². The molecule has 0 saturated carbocycles. The summed E-state index contributed by atoms with van der Waals surface area (Å²) in [6, 6.07) is 0. The first-order valence-electron chi connectivity index (χ1n) is 3.60. The Morgan fingerprint density at radius 3 is 2.38 bits per heavy atom. The molecule has 0 radical (unpaired) electrons. The van der Waals surface area contributed by atoms with Crippen LogP contribution in [-0.2, 0) is 0 Å². The third kappa shape index (κ3) is 3.30. The average molecular weight is 373 g/mol. The van der Waals surface area contributed by atoms with Gasteiger partial charge in [0.2, 0.25) is 5.88 Å². The van der Waals surface area contributed by atoms with Gasteiger partial charge in [-0.05, 0) is 22.6 Å². The fraction of sp³-hybridized carbons (Fsp3) is 0.286. The first-order valence-corrected chi connectivity index (χ1v) is 5.06. The van der Waals surface area contributed by atoms with Gasteiger partial charge in [0, 0.05) is 6.20 Å². The summed E-state index contributed by atoms with van der Waals surface area (Å²) in [7, 11) is 0. The van der Waals surface area contributed by atoms with Crippen LogP contribution in [0.25, 0.3) is 0 Å². The van der Waals surface area contributed by atoms with Gasteiger partial charge in [0.15, 0.2) is 0 Å². The standard InChI is InChI=1S/C7H2ClF5INO/c8-3-2(5(9)10)1-15-6(4(3)14)16-7(11,12)13/h1,5H. The molecule has 0 aliphatic rings. The van der Waals surface area contributed by atoms with E-state index < -0.39 is 29.3 Å². The van der Waals surface area contributed by atoms with Gasteiger partial charge < -0.3 is 4.74 Å². The lowest BCUT2D eigenvalue weighted by Gasteiger charge is -2.11. The lowest BCUT2D eigenvalue weighted by Crippen LogP contribution is -2.19. The lowest BCUT2D eigenvalue weighted by atomic mass is 10.3. The fourth-order valence-corrected chi connectivity index (χ4v) is 1.57. The van der Waals surface area contributed by atoms with Crippen LogP contribution in [0.1, 0.15) is 12.0 Å². The van der Waals surface area contributed by atoms with Crippen molar-refractivity contribution in [3.05, 3.63) is 20.4 Å². The summed E-state index contributed by atoms with van der Waals surface area (Å²) >= 11 is 6.80. The maximum absolute atomic E-state index is 12.3. The highest BCUT2D eigenvalue weighted by Crippen LogP contribution is 2.35. The molecule has 0 spiro atoms. The Morgan fingerprint density at radius 1 is 1.38 bits per heavy atom. The molecule has 0 bridgehead atoms. The minimum Gasteiger partial charge on any atom is -0.387 e. The van der Waals surface area contributed by atoms with Crippen LogP contribution < -0.4 is 4.74 Å². The molecule has 0 N–H and O–H groups in total. The van der Waals surface area contributed by atoms with Gasteiger partial charge in [-0.25, -0.2) is 13.8 Å². The summed E-state index contributed by atoms with van der Waals surface area (Å²) in [5, 5.41) is -0.496. The van der Waals surface area contributed by atoms with Crippen molar-refractivity contribution in [3.8, 4) is 5.88 Å². The van der Waals surface area contributed by atoms with Crippen molar-refractivity contribution in [2.24, 2.45) is 0 Å². The highest BCUT2D eigenvalue weighted by Gasteiger charge is 2.33. The number of alkyl halides is 5. The van der Waals surface area contributed by atoms with Gasteiger partial charge in [-0.15, -0.1) is 13.2 Å². The zero-order valence-electron chi connectivity index (χ0n) is 7.16. The molecule has 1 rings (SSSR count). The monoisotopic (exact) mass is 373 g/mol. The number of hydrogen-bond donors (Lipinski definition) is 0. The van der Waals surface area contributed by atoms with E-state index in [-0.39, 0.29) is 3.57 Å². The molecule has 16 heavy (non-hydrogen) atoms. The largest absolute Gasteiger partial charge is 0.574 e. The van der Waals surface area contributed by atoms with E-state index in [0.717, 1.165) is 0 Å². The van der Waals surface area contributed by atoms with Crippen molar-refractivity contribution in [3.63, 3.8) is 0 Å². The number of rotatable bonds is 2. The Balaban J connectivity index is 3.12. The predicted molar refractivity (Wildman–Crippen MR) is 53.6 cm³/mol. The van der Waals surface area contributed by atoms with Gasteiger partial charge >= 0.3 is 6.36 Å². The normalized spacial score (nSPS) is 12.0. The van der Waals surface area contributed by atoms with E-state index in [9.17, 15) is 22.0 Å². The van der Waals surface area contributed by atoms with Crippen molar-refractivity contribution in [1.82, 2.24) is 4.98 Å². The first kappa shape index (κ1) is 13.7. The van der Waals surface area contributed by atoms with E-state index >= 15 is 0 Å². The Bertz CT molecular complexity index is 397. The third-order valence-corrected chi connectivity index (χ3v) is 3.13. The molecular weight excluding hydrogens is 371 g/mol. The van der Waals surface area contributed by atoms with Crippen LogP contribution in [0.4, 0.5) is 22.0 Å². The summed E-state index contributed by atoms with van der Waals surface area (Å²) in [4.78, 5) is 3.13. The number of ether oxygens (including phenoxy) is 1. The number of halogens is 7. The highest BCUT2D eigenvalue weighted by molar-refractivity contribution is 14.1. The molecule has 90 valence electrons. The van der Waals surface area contributed by atoms with Crippen molar-refractivity contribution in [2.75, 3.05) is 0 Å². The molecular formula is C7H2ClF5INO. The summed E-state index contributed by atoms with van der Waals surface area (Å²) in [5.74, 6) is -0.845. The van der Waals surface area contributed by atoms with E-state index in [1.54, 1.807) is 0 Å². The quantitative estimate of drug-likeness (QED) is 0.573. The molecule has 0 amide bonds. The van der Waals surface area contributed by atoms with Gasteiger partial charge in [-0.2, -0.15) is 0 Å². The predicted octanol–water partition coefficient (Wildman–Crippen LogP) is 4.18. The summed E-state index contributed by atoms with van der Waals surface area (Å²) in [6.07, 6.45) is -7.30. The average Bonchev–Trinajstić information content (AvgIpc) is 2.10. The third-order valence-electron chi connectivity index (χ3n) is 1.40. The van der Waals surface area contributed by atoms with Crippen LogP contribution in [0.15, 0.2) is 6.20 Å². The van der Waals surface area contributed by atoms with Crippen LogP contribution in [-0.4, -0.2) is 11.3 Å². The lowest BCUT2D eigenvalue weighted by molar-refractivity contribution is -0.276. The number of hydrogen-bond acceptors (Lipinski definition) is 2. The molecule has 0 atom stereocenters. The van der Waals surface area contributed by atoms with Crippen molar-refractivity contribution < 1.29 is 26.7 Å². The van der Waals surface area contributed by atoms with Crippen LogP contribution in [0, 0.1) is 3.57 Å². The van der Waals surface area contributed by atoms with Crippen LogP contribution >= 0.6 is 34.2 Å². The van der Waals surface area contributed by atoms with Gasteiger partial charge in [0.05, 0.1) is 14.2 Å². The number of nitrogens with zero attached hydrogens (tertiary/aromatic N) is 1. The van der Waals surface area contributed by atoms with Gasteiger partial charge in [-0.3, -0.25) is 0 Å². The van der Waals surface area contributed by atoms with E-state index in [0.29, 0.717) is 6.20 Å². The zero-order valence-corrected chi connectivity index (χ0v) is 10.1. The second-order valence-electron chi connectivity index (χ2n) is 2.50. The maximum Gasteiger partial charge on any atom is 0.574 e. The molecule has 2 nitrogen and oxygen atoms in total. The summed E-state index contributed by atoms with van der Waals surface area (Å²) < 4.78 is 63.3. The SMILES string of the molecule is FC(F)c1cnc(OC(F)(F)F)c(I)c1Cl. The molecule has 0 saturated heterocycles.